The zero-order chi connectivity index (χ0) is 58.1. The van der Waals surface area contributed by atoms with Gasteiger partial charge in [-0.3, -0.25) is 9.59 Å². The van der Waals surface area contributed by atoms with Crippen molar-refractivity contribution in [1.29, 1.82) is 0 Å². The molecule has 474 valence electrons. The number of hydrogen-bond donors (Lipinski definition) is 10. The summed E-state index contributed by atoms with van der Waals surface area (Å²) in [5.74, 6) is 0.205. The summed E-state index contributed by atoms with van der Waals surface area (Å²) in [6.45, 7) is 19.8. The molecular weight excluding hydrogens is 993 g/mol. The van der Waals surface area contributed by atoms with Gasteiger partial charge in [0.05, 0.1) is 12.1 Å². The Morgan fingerprint density at radius 3 is 0.950 bits per heavy atom. The van der Waals surface area contributed by atoms with Crippen molar-refractivity contribution in [3.63, 3.8) is 0 Å². The fourth-order valence-corrected chi connectivity index (χ4v) is 10.4. The highest BCUT2D eigenvalue weighted by Crippen LogP contribution is 2.13. The first-order valence-electron chi connectivity index (χ1n) is 34.5. The van der Waals surface area contributed by atoms with E-state index < -0.39 is 0 Å². The molecule has 0 saturated carbocycles. The third kappa shape index (κ3) is 56.5. The van der Waals surface area contributed by atoms with E-state index in [2.05, 4.69) is 79.9 Å². The van der Waals surface area contributed by atoms with Crippen molar-refractivity contribution in [2.75, 3.05) is 118 Å². The number of rotatable bonds is 67. The van der Waals surface area contributed by atoms with Gasteiger partial charge in [0.15, 0.2) is 0 Å². The van der Waals surface area contributed by atoms with Gasteiger partial charge in [-0.05, 0) is 220 Å². The number of carbonyl (C=O) groups excluding carboxylic acids is 2. The van der Waals surface area contributed by atoms with Gasteiger partial charge in [-0.15, -0.1) is 0 Å². The molecule has 0 saturated heterocycles. The quantitative estimate of drug-likeness (QED) is 0.0203. The summed E-state index contributed by atoms with van der Waals surface area (Å²) >= 11 is 0. The number of nitrogens with two attached hydrogens (primary N) is 4. The first-order chi connectivity index (χ1) is 39.5. The van der Waals surface area contributed by atoms with Crippen LogP contribution in [-0.2, 0) is 9.59 Å². The molecule has 0 aromatic carbocycles. The average molecular weight is 1130 g/mol. The fraction of sp³-hybridized carbons (Fsp3) is 0.909. The molecule has 0 radical (unpaired) electrons. The minimum absolute atomic E-state index is 0.103. The maximum atomic E-state index is 13.5. The van der Waals surface area contributed by atoms with Crippen LogP contribution in [0.5, 0.6) is 0 Å². The van der Waals surface area contributed by atoms with Crippen molar-refractivity contribution in [1.82, 2.24) is 41.7 Å². The SMILES string of the molecule is CCCCCCCCC=CCCCCCCCCN(CCCNC(=O)C(CCCNCCCN)NCCCN)CCN(CCCCCCCCC=CCCCCCCCC)CCCNC(=O)C(CCCNCCCN)NCCCN. The topological polar surface area (TPSA) is 217 Å². The zero-order valence-electron chi connectivity index (χ0n) is 53.1. The molecule has 14 heteroatoms. The lowest BCUT2D eigenvalue weighted by molar-refractivity contribution is -0.124. The van der Waals surface area contributed by atoms with Crippen LogP contribution in [0.15, 0.2) is 24.3 Å². The summed E-state index contributed by atoms with van der Waals surface area (Å²) in [6.07, 6.45) is 55.5. The van der Waals surface area contributed by atoms with Crippen molar-refractivity contribution in [3.05, 3.63) is 24.3 Å². The second kappa shape index (κ2) is 66.2. The van der Waals surface area contributed by atoms with Crippen molar-refractivity contribution >= 4 is 11.8 Å². The maximum absolute atomic E-state index is 13.5. The summed E-state index contributed by atoms with van der Waals surface area (Å²) in [4.78, 5) is 32.4. The van der Waals surface area contributed by atoms with E-state index in [1.165, 1.54) is 180 Å². The molecule has 0 fully saturated rings. The van der Waals surface area contributed by atoms with E-state index in [4.69, 9.17) is 22.9 Å². The van der Waals surface area contributed by atoms with Crippen LogP contribution in [0.25, 0.3) is 0 Å². The van der Waals surface area contributed by atoms with Crippen molar-refractivity contribution in [3.8, 4) is 0 Å². The Morgan fingerprint density at radius 1 is 0.325 bits per heavy atom. The van der Waals surface area contributed by atoms with E-state index in [-0.39, 0.29) is 23.9 Å². The molecule has 0 aromatic rings. The number of nitrogens with one attached hydrogen (secondary N) is 6. The Balaban J connectivity index is 5.60. The zero-order valence-corrected chi connectivity index (χ0v) is 53.1. The summed E-state index contributed by atoms with van der Waals surface area (Å²) in [7, 11) is 0. The van der Waals surface area contributed by atoms with E-state index in [0.29, 0.717) is 39.3 Å². The van der Waals surface area contributed by atoms with Crippen LogP contribution < -0.4 is 54.8 Å². The first-order valence-corrected chi connectivity index (χ1v) is 34.5. The second-order valence-corrected chi connectivity index (χ2v) is 23.2. The Bertz CT molecular complexity index is 1210. The van der Waals surface area contributed by atoms with Crippen LogP contribution in [0.3, 0.4) is 0 Å². The molecule has 80 heavy (non-hydrogen) atoms. The molecule has 0 spiro atoms. The highest BCUT2D eigenvalue weighted by atomic mass is 16.2. The standard InChI is InChI=1S/C66H138N12O2/c1-3-5-7-9-11-13-15-17-19-21-23-25-27-29-31-33-57-77(59-41-55-75-65(79)63(73-53-39-47-69)43-35-49-71-51-37-45-67)61-62-78(58-34-32-30-28-26-24-22-20-18-16-14-12-10-8-6-4-2)60-42-56-76-66(80)64(74-54-40-48-70)44-36-50-72-52-38-46-68/h17-20,63-64,71-74H,3-16,21-62,67-70H2,1-2H3,(H,75,79)(H,76,80). The summed E-state index contributed by atoms with van der Waals surface area (Å²) in [5, 5.41) is 20.5. The molecular formula is C66H138N12O2. The van der Waals surface area contributed by atoms with E-state index in [9.17, 15) is 9.59 Å². The third-order valence-corrected chi connectivity index (χ3v) is 15.6. The fourth-order valence-electron chi connectivity index (χ4n) is 10.4. The van der Waals surface area contributed by atoms with Gasteiger partial charge in [0.2, 0.25) is 11.8 Å². The number of hydrogen-bond acceptors (Lipinski definition) is 12. The average Bonchev–Trinajstić information content (AvgIpc) is 3.46. The van der Waals surface area contributed by atoms with E-state index in [1.54, 1.807) is 0 Å². The largest absolute Gasteiger partial charge is 0.355 e. The molecule has 2 unspecified atom stereocenters. The lowest BCUT2D eigenvalue weighted by Gasteiger charge is -2.28. The Morgan fingerprint density at radius 2 is 0.613 bits per heavy atom. The lowest BCUT2D eigenvalue weighted by atomic mass is 10.1. The number of carbonyl (C=O) groups is 2. The van der Waals surface area contributed by atoms with Gasteiger partial charge < -0.3 is 64.6 Å². The number of nitrogens with zero attached hydrogens (tertiary/aromatic N) is 2. The molecule has 2 atom stereocenters. The summed E-state index contributed by atoms with van der Waals surface area (Å²) in [6, 6.07) is -0.412. The second-order valence-electron chi connectivity index (χ2n) is 23.2. The van der Waals surface area contributed by atoms with E-state index in [1.807, 2.05) is 0 Å². The van der Waals surface area contributed by atoms with Gasteiger partial charge in [0.1, 0.15) is 0 Å². The van der Waals surface area contributed by atoms with Crippen molar-refractivity contribution in [2.24, 2.45) is 22.9 Å². The maximum Gasteiger partial charge on any atom is 0.237 e. The van der Waals surface area contributed by atoms with Gasteiger partial charge in [-0.2, -0.15) is 0 Å². The molecule has 2 amide bonds. The number of unbranched alkanes of at least 4 members (excludes halogenated alkanes) is 24. The molecule has 0 aliphatic carbocycles. The Hall–Kier alpha value is -1.98. The number of amides is 2. The highest BCUT2D eigenvalue weighted by molar-refractivity contribution is 5.82. The molecule has 0 rings (SSSR count). The molecule has 0 aliphatic rings. The van der Waals surface area contributed by atoms with Crippen LogP contribution in [-0.4, -0.2) is 152 Å². The molecule has 0 aliphatic heterocycles. The predicted octanol–water partition coefficient (Wildman–Crippen LogP) is 10.7. The summed E-state index contributed by atoms with van der Waals surface area (Å²) in [5.41, 5.74) is 23.0. The monoisotopic (exact) mass is 1130 g/mol. The molecule has 14 nitrogen and oxygen atoms in total. The van der Waals surface area contributed by atoms with Gasteiger partial charge in [0.25, 0.3) is 0 Å². The van der Waals surface area contributed by atoms with Gasteiger partial charge >= 0.3 is 0 Å². The van der Waals surface area contributed by atoms with Crippen LogP contribution in [0.4, 0.5) is 0 Å². The normalized spacial score (nSPS) is 12.8. The molecule has 0 aromatic heterocycles. The van der Waals surface area contributed by atoms with Gasteiger partial charge in [0, 0.05) is 26.2 Å². The minimum Gasteiger partial charge on any atom is -0.355 e. The Labute approximate surface area is 496 Å². The smallest absolute Gasteiger partial charge is 0.237 e. The van der Waals surface area contributed by atoms with Crippen LogP contribution in [0.2, 0.25) is 0 Å². The van der Waals surface area contributed by atoms with Crippen molar-refractivity contribution < 1.29 is 9.59 Å². The van der Waals surface area contributed by atoms with Crippen LogP contribution >= 0.6 is 0 Å². The van der Waals surface area contributed by atoms with E-state index >= 15 is 0 Å². The van der Waals surface area contributed by atoms with E-state index in [0.717, 1.165) is 143 Å². The third-order valence-electron chi connectivity index (χ3n) is 15.6. The highest BCUT2D eigenvalue weighted by Gasteiger charge is 2.19. The first kappa shape index (κ1) is 78.0. The molecule has 0 bridgehead atoms. The summed E-state index contributed by atoms with van der Waals surface area (Å²) < 4.78 is 0. The minimum atomic E-state index is -0.206. The lowest BCUT2D eigenvalue weighted by Crippen LogP contribution is -2.46. The van der Waals surface area contributed by atoms with Crippen molar-refractivity contribution in [2.45, 2.75) is 270 Å². The molecule has 14 N–H and O–H groups in total. The van der Waals surface area contributed by atoms with Gasteiger partial charge in [-0.25, -0.2) is 0 Å². The number of allylic oxidation sites excluding steroid dienone is 4. The van der Waals surface area contributed by atoms with Crippen LogP contribution in [0.1, 0.15) is 258 Å². The van der Waals surface area contributed by atoms with Gasteiger partial charge in [-0.1, -0.05) is 154 Å². The predicted molar refractivity (Wildman–Crippen MR) is 350 cm³/mol. The van der Waals surface area contributed by atoms with Crippen LogP contribution in [0, 0.1) is 0 Å². The molecule has 0 heterocycles. The Kier molecular flexibility index (Phi) is 64.5.